The van der Waals surface area contributed by atoms with Gasteiger partial charge in [-0.25, -0.2) is 0 Å². The van der Waals surface area contributed by atoms with Gasteiger partial charge in [0.25, 0.3) is 11.4 Å². The number of rotatable bonds is 4. The Balaban J connectivity index is 2.44. The van der Waals surface area contributed by atoms with Crippen LogP contribution in [0.15, 0.2) is 48.5 Å². The van der Waals surface area contributed by atoms with Crippen molar-refractivity contribution >= 4 is 22.7 Å². The molecular weight excluding hydrogens is 302 g/mol. The molecule has 1 N–H and O–H groups in total. The zero-order valence-corrected chi connectivity index (χ0v) is 11.5. The molecule has 0 radical (unpaired) electrons. The maximum absolute atomic E-state index is 10.6. The fraction of sp³-hybridized carbons (Fsp3) is 0. The third kappa shape index (κ3) is 3.30. The van der Waals surface area contributed by atoms with Gasteiger partial charge in [-0.1, -0.05) is 0 Å². The normalized spacial score (nSPS) is 11.3. The fourth-order valence-corrected chi connectivity index (χ4v) is 1.89. The number of nitro groups is 2. The smallest absolute Gasteiger partial charge is 0.269 e. The minimum atomic E-state index is -0.577. The summed E-state index contributed by atoms with van der Waals surface area (Å²) in [6.45, 7) is 0. The highest BCUT2D eigenvalue weighted by atomic mass is 16.6. The zero-order chi connectivity index (χ0) is 17.0. The van der Waals surface area contributed by atoms with Gasteiger partial charge >= 0.3 is 0 Å². The van der Waals surface area contributed by atoms with Gasteiger partial charge in [0.1, 0.15) is 17.4 Å². The van der Waals surface area contributed by atoms with E-state index in [9.17, 15) is 30.6 Å². The molecule has 0 aliphatic carbocycles. The van der Waals surface area contributed by atoms with E-state index in [1.165, 1.54) is 48.5 Å². The van der Waals surface area contributed by atoms with Crippen LogP contribution in [-0.2, 0) is 0 Å². The molecular formula is C15H9N3O5. The van der Waals surface area contributed by atoms with Gasteiger partial charge in [0.05, 0.1) is 9.85 Å². The highest BCUT2D eigenvalue weighted by Crippen LogP contribution is 2.26. The van der Waals surface area contributed by atoms with E-state index >= 15 is 0 Å². The molecule has 2 aromatic rings. The van der Waals surface area contributed by atoms with E-state index in [0.29, 0.717) is 5.56 Å². The standard InChI is InChI=1S/C15H9N3O5/c16-9-14(10-1-5-12(6-2-10)17(20)21)15(19)11-3-7-13(8-4-11)18(22)23/h1-8,19H/b15-14-. The first kappa shape index (κ1) is 15.7. The van der Waals surface area contributed by atoms with Crippen molar-refractivity contribution in [2.75, 3.05) is 0 Å². The van der Waals surface area contributed by atoms with Crippen LogP contribution in [0.3, 0.4) is 0 Å². The van der Waals surface area contributed by atoms with Crippen LogP contribution in [0.2, 0.25) is 0 Å². The first-order chi connectivity index (χ1) is 10.9. The van der Waals surface area contributed by atoms with Crippen molar-refractivity contribution < 1.29 is 15.0 Å². The Hall–Kier alpha value is -3.73. The zero-order valence-electron chi connectivity index (χ0n) is 11.5. The molecule has 0 bridgehead atoms. The minimum absolute atomic E-state index is 0.0891. The number of benzene rings is 2. The van der Waals surface area contributed by atoms with Crippen molar-refractivity contribution in [2.45, 2.75) is 0 Å². The lowest BCUT2D eigenvalue weighted by atomic mass is 10.0. The fourth-order valence-electron chi connectivity index (χ4n) is 1.89. The van der Waals surface area contributed by atoms with Crippen molar-refractivity contribution in [1.82, 2.24) is 0 Å². The van der Waals surface area contributed by atoms with E-state index in [0.717, 1.165) is 0 Å². The summed E-state index contributed by atoms with van der Waals surface area (Å²) in [5.41, 5.74) is 0.157. The molecule has 8 heteroatoms. The summed E-state index contributed by atoms with van der Waals surface area (Å²) in [6.07, 6.45) is 0. The molecule has 0 saturated heterocycles. The van der Waals surface area contributed by atoms with Crippen LogP contribution in [0.5, 0.6) is 0 Å². The average Bonchev–Trinajstić information content (AvgIpc) is 2.56. The highest BCUT2D eigenvalue weighted by Gasteiger charge is 2.14. The van der Waals surface area contributed by atoms with Crippen LogP contribution in [-0.4, -0.2) is 15.0 Å². The molecule has 0 atom stereocenters. The van der Waals surface area contributed by atoms with E-state index in [1.54, 1.807) is 0 Å². The number of nitriles is 1. The number of aliphatic hydroxyl groups is 1. The Kier molecular flexibility index (Phi) is 4.33. The van der Waals surface area contributed by atoms with Crippen molar-refractivity contribution in [3.8, 4) is 6.07 Å². The van der Waals surface area contributed by atoms with Gasteiger partial charge in [-0.15, -0.1) is 0 Å². The van der Waals surface area contributed by atoms with Crippen LogP contribution in [0, 0.1) is 31.6 Å². The van der Waals surface area contributed by atoms with Gasteiger partial charge < -0.3 is 5.11 Å². The van der Waals surface area contributed by atoms with E-state index in [-0.39, 0.29) is 28.3 Å². The van der Waals surface area contributed by atoms with E-state index in [2.05, 4.69) is 0 Å². The van der Waals surface area contributed by atoms with Crippen LogP contribution < -0.4 is 0 Å². The average molecular weight is 311 g/mol. The maximum atomic E-state index is 10.6. The van der Waals surface area contributed by atoms with Gasteiger partial charge in [0.2, 0.25) is 0 Å². The van der Waals surface area contributed by atoms with Crippen molar-refractivity contribution in [1.29, 1.82) is 5.26 Å². The van der Waals surface area contributed by atoms with E-state index in [1.807, 2.05) is 6.07 Å². The van der Waals surface area contributed by atoms with Crippen LogP contribution in [0.25, 0.3) is 11.3 Å². The Bertz CT molecular complexity index is 833. The van der Waals surface area contributed by atoms with Gasteiger partial charge in [-0.05, 0) is 29.8 Å². The lowest BCUT2D eigenvalue weighted by Gasteiger charge is -2.05. The number of aliphatic hydroxyl groups excluding tert-OH is 1. The first-order valence-corrected chi connectivity index (χ1v) is 6.27. The molecule has 0 spiro atoms. The molecule has 0 aliphatic heterocycles. The lowest BCUT2D eigenvalue weighted by molar-refractivity contribution is -0.385. The summed E-state index contributed by atoms with van der Waals surface area (Å²) in [7, 11) is 0. The first-order valence-electron chi connectivity index (χ1n) is 6.27. The molecule has 0 aliphatic rings. The van der Waals surface area contributed by atoms with Crippen molar-refractivity contribution in [3.63, 3.8) is 0 Å². The number of hydrogen-bond acceptors (Lipinski definition) is 6. The molecule has 0 heterocycles. The lowest BCUT2D eigenvalue weighted by Crippen LogP contribution is -1.93. The quantitative estimate of drug-likeness (QED) is 0.302. The van der Waals surface area contributed by atoms with Gasteiger partial charge in [-0.2, -0.15) is 5.26 Å². The predicted octanol–water partition coefficient (Wildman–Crippen LogP) is 3.45. The summed E-state index contributed by atoms with van der Waals surface area (Å²) in [6, 6.07) is 12.0. The Morgan fingerprint density at radius 1 is 0.870 bits per heavy atom. The molecule has 0 saturated carbocycles. The Morgan fingerprint density at radius 2 is 1.26 bits per heavy atom. The number of nitrogens with zero attached hydrogens (tertiary/aromatic N) is 3. The monoisotopic (exact) mass is 311 g/mol. The third-order valence-corrected chi connectivity index (χ3v) is 3.07. The molecule has 2 rings (SSSR count). The summed E-state index contributed by atoms with van der Waals surface area (Å²) in [4.78, 5) is 20.1. The molecule has 2 aromatic carbocycles. The maximum Gasteiger partial charge on any atom is 0.269 e. The van der Waals surface area contributed by atoms with Crippen LogP contribution >= 0.6 is 0 Å². The van der Waals surface area contributed by atoms with E-state index < -0.39 is 9.85 Å². The van der Waals surface area contributed by atoms with Gasteiger partial charge in [-0.3, -0.25) is 20.2 Å². The molecule has 114 valence electrons. The number of non-ortho nitro benzene ring substituents is 2. The number of nitro benzene ring substituents is 2. The summed E-state index contributed by atoms with van der Waals surface area (Å²) in [5.74, 6) is -0.365. The molecule has 0 unspecified atom stereocenters. The molecule has 0 fully saturated rings. The SMILES string of the molecule is N#C/C(=C(/O)c1ccc([N+](=O)[O-])cc1)c1ccc([N+](=O)[O-])cc1. The topological polar surface area (TPSA) is 130 Å². The largest absolute Gasteiger partial charge is 0.506 e. The highest BCUT2D eigenvalue weighted by molar-refractivity contribution is 5.94. The second-order valence-corrected chi connectivity index (χ2v) is 4.44. The van der Waals surface area contributed by atoms with Crippen LogP contribution in [0.1, 0.15) is 11.1 Å². The molecule has 23 heavy (non-hydrogen) atoms. The minimum Gasteiger partial charge on any atom is -0.506 e. The summed E-state index contributed by atoms with van der Waals surface area (Å²) >= 11 is 0. The van der Waals surface area contributed by atoms with Crippen molar-refractivity contribution in [3.05, 3.63) is 79.9 Å². The summed E-state index contributed by atoms with van der Waals surface area (Å²) in [5, 5.41) is 40.6. The summed E-state index contributed by atoms with van der Waals surface area (Å²) < 4.78 is 0. The second kappa shape index (κ2) is 6.36. The number of hydrogen-bond donors (Lipinski definition) is 1. The Morgan fingerprint density at radius 3 is 1.61 bits per heavy atom. The predicted molar refractivity (Wildman–Crippen MR) is 81.2 cm³/mol. The van der Waals surface area contributed by atoms with Crippen LogP contribution in [0.4, 0.5) is 11.4 Å². The molecule has 0 aromatic heterocycles. The van der Waals surface area contributed by atoms with E-state index in [4.69, 9.17) is 0 Å². The Labute approximate surface area is 129 Å². The van der Waals surface area contributed by atoms with Crippen molar-refractivity contribution in [2.24, 2.45) is 0 Å². The second-order valence-electron chi connectivity index (χ2n) is 4.44. The van der Waals surface area contributed by atoms with Gasteiger partial charge in [0.15, 0.2) is 0 Å². The molecule has 0 amide bonds. The third-order valence-electron chi connectivity index (χ3n) is 3.07. The van der Waals surface area contributed by atoms with Gasteiger partial charge in [0, 0.05) is 29.8 Å². The number of allylic oxidation sites excluding steroid dienone is 1. The molecule has 8 nitrogen and oxygen atoms in total.